The van der Waals surface area contributed by atoms with Crippen molar-refractivity contribution in [2.24, 2.45) is 11.3 Å². The molecule has 0 aliphatic heterocycles. The Bertz CT molecular complexity index is 584. The maximum atomic E-state index is 9.17. The molecule has 0 heterocycles. The van der Waals surface area contributed by atoms with Crippen LogP contribution in [0.5, 0.6) is 0 Å². The van der Waals surface area contributed by atoms with Gasteiger partial charge in [0.1, 0.15) is 0 Å². The van der Waals surface area contributed by atoms with Crippen molar-refractivity contribution >= 4 is 11.8 Å². The van der Waals surface area contributed by atoms with Crippen LogP contribution in [0.3, 0.4) is 0 Å². The van der Waals surface area contributed by atoms with E-state index >= 15 is 0 Å². The smallest absolute Gasteiger partial charge is 0.0627 e. The quantitative estimate of drug-likeness (QED) is 0.665. The predicted octanol–water partition coefficient (Wildman–Crippen LogP) is 5.60. The molecule has 0 fully saturated rings. The van der Waals surface area contributed by atoms with Crippen LogP contribution in [0.15, 0.2) is 30.5 Å². The summed E-state index contributed by atoms with van der Waals surface area (Å²) in [4.78, 5) is 0. The fourth-order valence-corrected chi connectivity index (χ4v) is 2.96. The van der Waals surface area contributed by atoms with E-state index in [-0.39, 0.29) is 5.41 Å². The summed E-state index contributed by atoms with van der Waals surface area (Å²) in [7, 11) is 1.92. The Morgan fingerprint density at radius 1 is 1.36 bits per heavy atom. The highest BCUT2D eigenvalue weighted by molar-refractivity contribution is 5.67. The van der Waals surface area contributed by atoms with Crippen LogP contribution >= 0.6 is 0 Å². The second-order valence-corrected chi connectivity index (χ2v) is 6.95. The van der Waals surface area contributed by atoms with Crippen LogP contribution in [0.25, 0.3) is 6.08 Å². The van der Waals surface area contributed by atoms with Gasteiger partial charge in [-0.2, -0.15) is 5.26 Å². The van der Waals surface area contributed by atoms with Crippen LogP contribution in [0.4, 0.5) is 5.69 Å². The molecule has 0 amide bonds. The van der Waals surface area contributed by atoms with Gasteiger partial charge in [0.05, 0.1) is 6.07 Å². The zero-order chi connectivity index (χ0) is 16.8. The van der Waals surface area contributed by atoms with E-state index in [1.54, 1.807) is 0 Å². The lowest BCUT2D eigenvalue weighted by molar-refractivity contribution is 0.257. The molecule has 0 saturated carbocycles. The molecule has 1 unspecified atom stereocenters. The molecule has 0 saturated heterocycles. The Hall–Kier alpha value is -1.97. The number of hydrogen-bond acceptors (Lipinski definition) is 2. The largest absolute Gasteiger partial charge is 0.388 e. The molecule has 0 aliphatic rings. The topological polar surface area (TPSA) is 35.8 Å². The van der Waals surface area contributed by atoms with Gasteiger partial charge in [-0.25, -0.2) is 0 Å². The summed E-state index contributed by atoms with van der Waals surface area (Å²) in [5.41, 5.74) is 6.27. The number of anilines is 1. The lowest BCUT2D eigenvalue weighted by Crippen LogP contribution is -2.23. The van der Waals surface area contributed by atoms with E-state index in [9.17, 15) is 0 Å². The summed E-state index contributed by atoms with van der Waals surface area (Å²) in [5.74, 6) is 0.945. The summed E-state index contributed by atoms with van der Waals surface area (Å²) in [6.07, 6.45) is 3.54. The van der Waals surface area contributed by atoms with E-state index in [1.807, 2.05) is 13.1 Å². The van der Waals surface area contributed by atoms with Gasteiger partial charge in [-0.1, -0.05) is 40.3 Å². The van der Waals surface area contributed by atoms with Crippen molar-refractivity contribution in [3.8, 4) is 6.07 Å². The van der Waals surface area contributed by atoms with Gasteiger partial charge >= 0.3 is 0 Å². The van der Waals surface area contributed by atoms with E-state index in [0.717, 1.165) is 17.7 Å². The fourth-order valence-electron chi connectivity index (χ4n) is 2.96. The zero-order valence-electron chi connectivity index (χ0n) is 14.5. The fraction of sp³-hybridized carbons (Fsp3) is 0.500. The van der Waals surface area contributed by atoms with Gasteiger partial charge in [-0.05, 0) is 47.4 Å². The highest BCUT2D eigenvalue weighted by Crippen LogP contribution is 2.43. The number of nitriles is 1. The molecule has 1 rings (SSSR count). The first kappa shape index (κ1) is 18.1. The third-order valence-corrected chi connectivity index (χ3v) is 4.19. The Labute approximate surface area is 135 Å². The molecule has 0 spiro atoms. The molecule has 0 bridgehead atoms. The van der Waals surface area contributed by atoms with Crippen molar-refractivity contribution in [3.63, 3.8) is 0 Å². The van der Waals surface area contributed by atoms with Gasteiger partial charge in [0.25, 0.3) is 0 Å². The van der Waals surface area contributed by atoms with Crippen LogP contribution in [-0.2, 0) is 0 Å². The second-order valence-electron chi connectivity index (χ2n) is 6.95. The van der Waals surface area contributed by atoms with Crippen LogP contribution in [0.1, 0.15) is 57.6 Å². The molecule has 0 aliphatic carbocycles. The lowest BCUT2D eigenvalue weighted by atomic mass is 9.69. The molecule has 0 aromatic heterocycles. The molecule has 1 atom stereocenters. The number of nitrogens with zero attached hydrogens (tertiary/aromatic N) is 1. The summed E-state index contributed by atoms with van der Waals surface area (Å²) in [5, 5.41) is 12.4. The van der Waals surface area contributed by atoms with Gasteiger partial charge in [-0.3, -0.25) is 0 Å². The zero-order valence-corrected chi connectivity index (χ0v) is 14.5. The van der Waals surface area contributed by atoms with Gasteiger partial charge in [-0.15, -0.1) is 5.73 Å². The first-order valence-electron chi connectivity index (χ1n) is 7.90. The van der Waals surface area contributed by atoms with E-state index in [2.05, 4.69) is 69.6 Å². The molecule has 1 aromatic rings. The number of rotatable bonds is 7. The number of hydrogen-bond donors (Lipinski definition) is 1. The lowest BCUT2D eigenvalue weighted by Gasteiger charge is -2.34. The maximum absolute atomic E-state index is 9.17. The Balaban J connectivity index is 3.33. The van der Waals surface area contributed by atoms with Crippen molar-refractivity contribution in [1.29, 1.82) is 5.26 Å². The summed E-state index contributed by atoms with van der Waals surface area (Å²) in [6, 6.07) is 8.84. The first-order chi connectivity index (χ1) is 10.4. The Morgan fingerprint density at radius 2 is 2.05 bits per heavy atom. The average Bonchev–Trinajstić information content (AvgIpc) is 2.44. The van der Waals surface area contributed by atoms with E-state index in [0.29, 0.717) is 18.3 Å². The molecule has 1 N–H and O–H groups in total. The summed E-state index contributed by atoms with van der Waals surface area (Å²) in [6.45, 7) is 12.5. The van der Waals surface area contributed by atoms with Crippen molar-refractivity contribution in [2.75, 3.05) is 12.4 Å². The first-order valence-corrected chi connectivity index (χ1v) is 7.90. The molecule has 22 heavy (non-hydrogen) atoms. The molecular weight excluding hydrogens is 268 g/mol. The summed E-state index contributed by atoms with van der Waals surface area (Å²) < 4.78 is 0. The van der Waals surface area contributed by atoms with Crippen LogP contribution < -0.4 is 5.32 Å². The molecule has 1 aromatic carbocycles. The third-order valence-electron chi connectivity index (χ3n) is 4.19. The third kappa shape index (κ3) is 4.52. The Morgan fingerprint density at radius 3 is 2.55 bits per heavy atom. The van der Waals surface area contributed by atoms with Crippen LogP contribution in [0.2, 0.25) is 0 Å². The van der Waals surface area contributed by atoms with E-state index < -0.39 is 0 Å². The average molecular weight is 296 g/mol. The maximum Gasteiger partial charge on any atom is 0.0627 e. The second kappa shape index (κ2) is 7.87. The van der Waals surface area contributed by atoms with Crippen molar-refractivity contribution in [3.05, 3.63) is 41.6 Å². The van der Waals surface area contributed by atoms with Gasteiger partial charge in [0.2, 0.25) is 0 Å². The monoisotopic (exact) mass is 296 g/mol. The molecule has 118 valence electrons. The molecular formula is C20H28N2. The molecule has 2 heteroatoms. The number of benzene rings is 1. The minimum atomic E-state index is -0.0463. The minimum Gasteiger partial charge on any atom is -0.388 e. The molecule has 2 nitrogen and oxygen atoms in total. The normalized spacial score (nSPS) is 12.4. The predicted molar refractivity (Wildman–Crippen MR) is 95.8 cm³/mol. The van der Waals surface area contributed by atoms with E-state index in [4.69, 9.17) is 5.26 Å². The molecule has 0 radical (unpaired) electrons. The SMILES string of the molecule is C=C=Cc1cc(C(CC(C)C)C(C)(C)CC#N)ccc1NC. The van der Waals surface area contributed by atoms with Crippen LogP contribution in [0, 0.1) is 22.7 Å². The van der Waals surface area contributed by atoms with Gasteiger partial charge < -0.3 is 5.32 Å². The van der Waals surface area contributed by atoms with Gasteiger partial charge in [0, 0.05) is 24.7 Å². The number of nitrogens with one attached hydrogen (secondary N) is 1. The van der Waals surface area contributed by atoms with Crippen molar-refractivity contribution in [2.45, 2.75) is 46.5 Å². The van der Waals surface area contributed by atoms with Crippen molar-refractivity contribution < 1.29 is 0 Å². The van der Waals surface area contributed by atoms with Crippen molar-refractivity contribution in [1.82, 2.24) is 0 Å². The van der Waals surface area contributed by atoms with Gasteiger partial charge in [0.15, 0.2) is 0 Å². The standard InChI is InChI=1S/C20H28N2/c1-7-8-17-14-16(9-10-19(17)22-6)18(13-15(2)3)20(4,5)11-12-21/h8-10,14-15,18,22H,1,11,13H2,2-6H3. The van der Waals surface area contributed by atoms with Crippen LogP contribution in [-0.4, -0.2) is 7.05 Å². The Kier molecular flexibility index (Phi) is 6.47. The van der Waals surface area contributed by atoms with E-state index in [1.165, 1.54) is 5.56 Å². The minimum absolute atomic E-state index is 0.0463. The summed E-state index contributed by atoms with van der Waals surface area (Å²) >= 11 is 0. The highest BCUT2D eigenvalue weighted by Gasteiger charge is 2.31. The highest BCUT2D eigenvalue weighted by atomic mass is 14.8.